The van der Waals surface area contributed by atoms with E-state index in [1.807, 2.05) is 0 Å². The maximum atomic E-state index is 5.98. The minimum Gasteiger partial charge on any atom is -0.383 e. The highest BCUT2D eigenvalue weighted by atomic mass is 16.5. The summed E-state index contributed by atoms with van der Waals surface area (Å²) >= 11 is 0. The normalized spacial score (nSPS) is 19.6. The van der Waals surface area contributed by atoms with Gasteiger partial charge in [-0.2, -0.15) is 0 Å². The van der Waals surface area contributed by atoms with Crippen LogP contribution < -0.4 is 10.6 Å². The highest BCUT2D eigenvalue weighted by Crippen LogP contribution is 2.25. The molecule has 0 aromatic heterocycles. The fourth-order valence-electron chi connectivity index (χ4n) is 3.16. The minimum atomic E-state index is -0.0531. The monoisotopic (exact) mass is 291 g/mol. The summed E-state index contributed by atoms with van der Waals surface area (Å²) in [7, 11) is 1.75. The molecular formula is C17H29N3O. The van der Waals surface area contributed by atoms with Gasteiger partial charge >= 0.3 is 0 Å². The molecule has 1 heterocycles. The van der Waals surface area contributed by atoms with Gasteiger partial charge in [0, 0.05) is 45.5 Å². The number of piperazine rings is 1. The molecule has 0 aliphatic carbocycles. The number of rotatable bonds is 5. The largest absolute Gasteiger partial charge is 0.383 e. The van der Waals surface area contributed by atoms with Gasteiger partial charge in [0.15, 0.2) is 0 Å². The summed E-state index contributed by atoms with van der Waals surface area (Å²) in [6.07, 6.45) is 0. The van der Waals surface area contributed by atoms with Crippen LogP contribution >= 0.6 is 0 Å². The van der Waals surface area contributed by atoms with Crippen molar-refractivity contribution in [3.8, 4) is 0 Å². The van der Waals surface area contributed by atoms with Crippen LogP contribution in [0.3, 0.4) is 0 Å². The lowest BCUT2D eigenvalue weighted by molar-refractivity contribution is 0.0236. The number of hydrogen-bond acceptors (Lipinski definition) is 4. The van der Waals surface area contributed by atoms with Crippen LogP contribution in [0.25, 0.3) is 0 Å². The quantitative estimate of drug-likeness (QED) is 0.898. The predicted octanol–water partition coefficient (Wildman–Crippen LogP) is 1.79. The minimum absolute atomic E-state index is 0.0531. The molecule has 1 aromatic carbocycles. The molecule has 2 N–H and O–H groups in total. The molecule has 1 aliphatic heterocycles. The number of hydrogen-bond donors (Lipinski definition) is 1. The molecule has 1 atom stereocenters. The average molecular weight is 291 g/mol. The second kappa shape index (κ2) is 6.77. The van der Waals surface area contributed by atoms with Crippen LogP contribution in [0.1, 0.15) is 18.1 Å². The molecule has 0 amide bonds. The number of aryl methyl sites for hydroxylation is 1. The highest BCUT2D eigenvalue weighted by Gasteiger charge is 2.33. The molecule has 1 aliphatic rings. The third-order valence-corrected chi connectivity index (χ3v) is 4.85. The van der Waals surface area contributed by atoms with E-state index in [4.69, 9.17) is 10.5 Å². The molecule has 0 radical (unpaired) electrons. The Morgan fingerprint density at radius 3 is 2.43 bits per heavy atom. The van der Waals surface area contributed by atoms with E-state index in [0.29, 0.717) is 13.2 Å². The third kappa shape index (κ3) is 3.39. The van der Waals surface area contributed by atoms with Crippen molar-refractivity contribution in [3.63, 3.8) is 0 Å². The second-order valence-corrected chi connectivity index (χ2v) is 6.33. The molecule has 4 nitrogen and oxygen atoms in total. The van der Waals surface area contributed by atoms with E-state index in [1.165, 1.54) is 16.8 Å². The van der Waals surface area contributed by atoms with Crippen LogP contribution in [-0.4, -0.2) is 56.9 Å². The Morgan fingerprint density at radius 1 is 1.19 bits per heavy atom. The summed E-state index contributed by atoms with van der Waals surface area (Å²) in [5.74, 6) is 0. The van der Waals surface area contributed by atoms with Crippen molar-refractivity contribution in [2.45, 2.75) is 26.3 Å². The van der Waals surface area contributed by atoms with Crippen molar-refractivity contribution in [1.82, 2.24) is 4.90 Å². The van der Waals surface area contributed by atoms with Crippen LogP contribution in [0.5, 0.6) is 0 Å². The Balaban J connectivity index is 2.05. The molecule has 1 fully saturated rings. The maximum absolute atomic E-state index is 5.98. The maximum Gasteiger partial charge on any atom is 0.0656 e. The zero-order chi connectivity index (χ0) is 15.5. The smallest absolute Gasteiger partial charge is 0.0656 e. The van der Waals surface area contributed by atoms with Crippen LogP contribution in [-0.2, 0) is 4.74 Å². The molecule has 0 bridgehead atoms. The van der Waals surface area contributed by atoms with E-state index in [1.54, 1.807) is 7.11 Å². The number of benzene rings is 1. The van der Waals surface area contributed by atoms with Crippen molar-refractivity contribution in [1.29, 1.82) is 0 Å². The molecule has 2 rings (SSSR count). The fraction of sp³-hybridized carbons (Fsp3) is 0.647. The first-order valence-electron chi connectivity index (χ1n) is 7.77. The Kier molecular flexibility index (Phi) is 5.25. The molecule has 0 saturated carbocycles. The van der Waals surface area contributed by atoms with Gasteiger partial charge in [0.1, 0.15) is 0 Å². The average Bonchev–Trinajstić information content (AvgIpc) is 2.50. The first kappa shape index (κ1) is 16.3. The lowest BCUT2D eigenvalue weighted by Gasteiger charge is -2.46. The van der Waals surface area contributed by atoms with Gasteiger partial charge in [-0.15, -0.1) is 0 Å². The van der Waals surface area contributed by atoms with Gasteiger partial charge < -0.3 is 15.4 Å². The topological polar surface area (TPSA) is 41.7 Å². The van der Waals surface area contributed by atoms with Crippen molar-refractivity contribution >= 4 is 5.69 Å². The van der Waals surface area contributed by atoms with Gasteiger partial charge in [0.25, 0.3) is 0 Å². The van der Waals surface area contributed by atoms with Crippen molar-refractivity contribution in [3.05, 3.63) is 29.3 Å². The summed E-state index contributed by atoms with van der Waals surface area (Å²) in [5.41, 5.74) is 10.1. The van der Waals surface area contributed by atoms with Crippen LogP contribution in [0, 0.1) is 13.8 Å². The van der Waals surface area contributed by atoms with E-state index in [9.17, 15) is 0 Å². The van der Waals surface area contributed by atoms with E-state index in [0.717, 1.165) is 26.2 Å². The van der Waals surface area contributed by atoms with Gasteiger partial charge in [-0.25, -0.2) is 0 Å². The summed E-state index contributed by atoms with van der Waals surface area (Å²) in [6.45, 7) is 12.1. The SMILES string of the molecule is COCC(C)(CN)N1CCN(c2cccc(C)c2C)CC1. The zero-order valence-corrected chi connectivity index (χ0v) is 13.9. The van der Waals surface area contributed by atoms with E-state index < -0.39 is 0 Å². The molecule has 4 heteroatoms. The first-order chi connectivity index (χ1) is 10.0. The lowest BCUT2D eigenvalue weighted by Crippen LogP contribution is -2.60. The lowest BCUT2D eigenvalue weighted by atomic mass is 9.99. The van der Waals surface area contributed by atoms with Gasteiger partial charge in [0.2, 0.25) is 0 Å². The number of ether oxygens (including phenoxy) is 1. The van der Waals surface area contributed by atoms with Crippen molar-refractivity contribution in [2.75, 3.05) is 51.3 Å². The van der Waals surface area contributed by atoms with Crippen molar-refractivity contribution in [2.24, 2.45) is 5.73 Å². The number of anilines is 1. The van der Waals surface area contributed by atoms with E-state index in [-0.39, 0.29) is 5.54 Å². The Morgan fingerprint density at radius 2 is 1.86 bits per heavy atom. The van der Waals surface area contributed by atoms with E-state index in [2.05, 4.69) is 48.8 Å². The summed E-state index contributed by atoms with van der Waals surface area (Å²) in [6, 6.07) is 6.56. The molecule has 0 spiro atoms. The predicted molar refractivity (Wildman–Crippen MR) is 89.0 cm³/mol. The molecule has 21 heavy (non-hydrogen) atoms. The summed E-state index contributed by atoms with van der Waals surface area (Å²) in [5, 5.41) is 0. The molecule has 1 aromatic rings. The van der Waals surface area contributed by atoms with Crippen LogP contribution in [0.15, 0.2) is 18.2 Å². The first-order valence-corrected chi connectivity index (χ1v) is 7.77. The standard InChI is InChI=1S/C17H29N3O/c1-14-6-5-7-16(15(14)2)19-8-10-20(11-9-19)17(3,12-18)13-21-4/h5-7H,8-13,18H2,1-4H3. The third-order valence-electron chi connectivity index (χ3n) is 4.85. The number of nitrogens with two attached hydrogens (primary N) is 1. The fourth-order valence-corrected chi connectivity index (χ4v) is 3.16. The Bertz CT molecular complexity index is 469. The van der Waals surface area contributed by atoms with Gasteiger partial charge in [-0.05, 0) is 38.0 Å². The second-order valence-electron chi connectivity index (χ2n) is 6.33. The molecular weight excluding hydrogens is 262 g/mol. The van der Waals surface area contributed by atoms with Gasteiger partial charge in [0.05, 0.1) is 12.1 Å². The molecule has 1 unspecified atom stereocenters. The number of nitrogens with zero attached hydrogens (tertiary/aromatic N) is 2. The van der Waals surface area contributed by atoms with Crippen molar-refractivity contribution < 1.29 is 4.74 Å². The Labute approximate surface area is 128 Å². The zero-order valence-electron chi connectivity index (χ0n) is 13.9. The van der Waals surface area contributed by atoms with Crippen LogP contribution in [0.4, 0.5) is 5.69 Å². The highest BCUT2D eigenvalue weighted by molar-refractivity contribution is 5.56. The summed E-state index contributed by atoms with van der Waals surface area (Å²) < 4.78 is 5.36. The van der Waals surface area contributed by atoms with Gasteiger partial charge in [-0.3, -0.25) is 4.90 Å². The summed E-state index contributed by atoms with van der Waals surface area (Å²) in [4.78, 5) is 4.96. The molecule has 1 saturated heterocycles. The van der Waals surface area contributed by atoms with Gasteiger partial charge in [-0.1, -0.05) is 12.1 Å². The van der Waals surface area contributed by atoms with E-state index >= 15 is 0 Å². The number of methoxy groups -OCH3 is 1. The Hall–Kier alpha value is -1.10. The molecule has 118 valence electrons. The van der Waals surface area contributed by atoms with Crippen LogP contribution in [0.2, 0.25) is 0 Å².